The summed E-state index contributed by atoms with van der Waals surface area (Å²) < 4.78 is 0. The molecule has 1 unspecified atom stereocenters. The quantitative estimate of drug-likeness (QED) is 0.671. The van der Waals surface area contributed by atoms with Crippen LogP contribution < -0.4 is 0 Å². The number of hydrogen-bond donors (Lipinski definition) is 0. The van der Waals surface area contributed by atoms with Gasteiger partial charge in [0.2, 0.25) is 0 Å². The van der Waals surface area contributed by atoms with Crippen LogP contribution in [0.15, 0.2) is 54.6 Å². The molecule has 2 aromatic carbocycles. The number of carbonyl (C=O) groups is 1. The van der Waals surface area contributed by atoms with Crippen LogP contribution in [0.3, 0.4) is 0 Å². The van der Waals surface area contributed by atoms with Crippen LogP contribution in [0.25, 0.3) is 0 Å². The molecule has 0 N–H and O–H groups in total. The van der Waals surface area contributed by atoms with Gasteiger partial charge in [0.25, 0.3) is 0 Å². The Balaban J connectivity index is 2.09. The first kappa shape index (κ1) is 14.5. The Morgan fingerprint density at radius 2 is 1.65 bits per heavy atom. The van der Waals surface area contributed by atoms with Crippen molar-refractivity contribution in [2.24, 2.45) is 0 Å². The number of rotatable bonds is 6. The fourth-order valence-corrected chi connectivity index (χ4v) is 2.36. The Morgan fingerprint density at radius 1 is 1.00 bits per heavy atom. The summed E-state index contributed by atoms with van der Waals surface area (Å²) in [6.07, 6.45) is 3.56. The van der Waals surface area contributed by atoms with Crippen molar-refractivity contribution in [3.8, 4) is 0 Å². The summed E-state index contributed by atoms with van der Waals surface area (Å²) in [6.45, 7) is 4.19. The molecule has 0 fully saturated rings. The van der Waals surface area contributed by atoms with Crippen molar-refractivity contribution in [3.63, 3.8) is 0 Å². The molecule has 0 aliphatic heterocycles. The van der Waals surface area contributed by atoms with Crippen LogP contribution in [0.1, 0.15) is 54.1 Å². The fourth-order valence-electron chi connectivity index (χ4n) is 2.36. The number of aryl methyl sites for hydroxylation is 1. The summed E-state index contributed by atoms with van der Waals surface area (Å²) in [5.41, 5.74) is 3.24. The molecule has 0 heterocycles. The fraction of sp³-hybridized carbons (Fsp3) is 0.316. The van der Waals surface area contributed by atoms with Gasteiger partial charge in [0.1, 0.15) is 0 Å². The van der Waals surface area contributed by atoms with Gasteiger partial charge < -0.3 is 0 Å². The van der Waals surface area contributed by atoms with Gasteiger partial charge in [0.15, 0.2) is 5.78 Å². The second-order valence-electron chi connectivity index (χ2n) is 5.30. The zero-order valence-corrected chi connectivity index (χ0v) is 12.3. The first-order valence-corrected chi connectivity index (χ1v) is 7.40. The van der Waals surface area contributed by atoms with Crippen molar-refractivity contribution < 1.29 is 4.79 Å². The summed E-state index contributed by atoms with van der Waals surface area (Å²) in [5.74, 6) is 0.101. The van der Waals surface area contributed by atoms with E-state index in [9.17, 15) is 4.79 Å². The van der Waals surface area contributed by atoms with Crippen molar-refractivity contribution in [1.29, 1.82) is 0 Å². The smallest absolute Gasteiger partial charge is 0.170 e. The molecule has 0 spiro atoms. The van der Waals surface area contributed by atoms with E-state index in [1.165, 1.54) is 18.4 Å². The van der Waals surface area contributed by atoms with Crippen molar-refractivity contribution in [2.75, 3.05) is 0 Å². The van der Waals surface area contributed by atoms with E-state index in [0.29, 0.717) is 0 Å². The number of carbonyl (C=O) groups excluding carboxylic acids is 1. The van der Waals surface area contributed by atoms with Gasteiger partial charge in [0.05, 0.1) is 0 Å². The van der Waals surface area contributed by atoms with Crippen LogP contribution in [0, 0.1) is 0 Å². The molecule has 0 amide bonds. The molecule has 1 nitrogen and oxygen atoms in total. The summed E-state index contributed by atoms with van der Waals surface area (Å²) in [6, 6.07) is 18.0. The predicted octanol–water partition coefficient (Wildman–Crippen LogP) is 5.02. The second-order valence-corrected chi connectivity index (χ2v) is 5.30. The molecule has 0 saturated carbocycles. The topological polar surface area (TPSA) is 17.1 Å². The Hall–Kier alpha value is -1.89. The van der Waals surface area contributed by atoms with E-state index < -0.39 is 0 Å². The van der Waals surface area contributed by atoms with Gasteiger partial charge in [-0.3, -0.25) is 4.79 Å². The van der Waals surface area contributed by atoms with Gasteiger partial charge in [-0.05, 0) is 24.0 Å². The van der Waals surface area contributed by atoms with Gasteiger partial charge in [-0.25, -0.2) is 0 Å². The number of Topliss-reactive ketones (excluding diaryl/α,β-unsaturated/α-hetero) is 1. The molecular weight excluding hydrogens is 244 g/mol. The molecule has 2 rings (SSSR count). The van der Waals surface area contributed by atoms with E-state index in [-0.39, 0.29) is 11.7 Å². The van der Waals surface area contributed by atoms with E-state index in [2.05, 4.69) is 31.2 Å². The summed E-state index contributed by atoms with van der Waals surface area (Å²) in [4.78, 5) is 12.4. The van der Waals surface area contributed by atoms with Gasteiger partial charge >= 0.3 is 0 Å². The lowest BCUT2D eigenvalue weighted by Gasteiger charge is -2.11. The molecule has 104 valence electrons. The van der Waals surface area contributed by atoms with Crippen LogP contribution >= 0.6 is 0 Å². The Bertz CT molecular complexity index is 540. The number of benzene rings is 2. The average Bonchev–Trinajstić information content (AvgIpc) is 2.53. The molecule has 0 saturated heterocycles. The van der Waals surface area contributed by atoms with Crippen molar-refractivity contribution in [3.05, 3.63) is 71.3 Å². The van der Waals surface area contributed by atoms with E-state index in [0.717, 1.165) is 17.5 Å². The summed E-state index contributed by atoms with van der Waals surface area (Å²) >= 11 is 0. The molecule has 20 heavy (non-hydrogen) atoms. The van der Waals surface area contributed by atoms with Gasteiger partial charge in [0, 0.05) is 11.5 Å². The number of ketones is 1. The highest BCUT2D eigenvalue weighted by Gasteiger charge is 2.16. The Labute approximate surface area is 121 Å². The van der Waals surface area contributed by atoms with E-state index in [1.807, 2.05) is 37.3 Å². The highest BCUT2D eigenvalue weighted by molar-refractivity contribution is 6.00. The lowest BCUT2D eigenvalue weighted by molar-refractivity contribution is 0.0966. The van der Waals surface area contributed by atoms with Crippen LogP contribution in [0.4, 0.5) is 0 Å². The molecule has 0 aliphatic carbocycles. The first-order valence-electron chi connectivity index (χ1n) is 7.40. The minimum atomic E-state index is -0.0855. The van der Waals surface area contributed by atoms with Crippen molar-refractivity contribution >= 4 is 5.78 Å². The summed E-state index contributed by atoms with van der Waals surface area (Å²) in [7, 11) is 0. The van der Waals surface area contributed by atoms with E-state index >= 15 is 0 Å². The third kappa shape index (κ3) is 3.57. The maximum atomic E-state index is 12.4. The monoisotopic (exact) mass is 266 g/mol. The maximum absolute atomic E-state index is 12.4. The molecule has 2 aromatic rings. The predicted molar refractivity (Wildman–Crippen MR) is 84.2 cm³/mol. The van der Waals surface area contributed by atoms with E-state index in [4.69, 9.17) is 0 Å². The number of unbranched alkanes of at least 4 members (excludes halogenated alkanes) is 1. The minimum absolute atomic E-state index is 0.0855. The average molecular weight is 266 g/mol. The zero-order chi connectivity index (χ0) is 14.4. The van der Waals surface area contributed by atoms with Gasteiger partial charge in [-0.15, -0.1) is 0 Å². The third-order valence-corrected chi connectivity index (χ3v) is 3.75. The highest BCUT2D eigenvalue weighted by Crippen LogP contribution is 2.21. The molecule has 0 aromatic heterocycles. The largest absolute Gasteiger partial charge is 0.294 e. The van der Waals surface area contributed by atoms with Crippen LogP contribution in [0.2, 0.25) is 0 Å². The molecule has 1 heteroatoms. The summed E-state index contributed by atoms with van der Waals surface area (Å²) in [5, 5.41) is 0. The van der Waals surface area contributed by atoms with Crippen LogP contribution in [-0.2, 0) is 6.42 Å². The minimum Gasteiger partial charge on any atom is -0.294 e. The molecule has 1 atom stereocenters. The van der Waals surface area contributed by atoms with Gasteiger partial charge in [-0.2, -0.15) is 0 Å². The van der Waals surface area contributed by atoms with Crippen LogP contribution in [0.5, 0.6) is 0 Å². The van der Waals surface area contributed by atoms with Crippen molar-refractivity contribution in [1.82, 2.24) is 0 Å². The molecule has 0 radical (unpaired) electrons. The SMILES string of the molecule is CCCCc1ccc(C(C)C(=O)c2ccccc2)cc1. The second kappa shape index (κ2) is 7.04. The number of hydrogen-bond acceptors (Lipinski definition) is 1. The Morgan fingerprint density at radius 3 is 2.25 bits per heavy atom. The normalized spacial score (nSPS) is 12.1. The molecular formula is C19H22O. The first-order chi connectivity index (χ1) is 9.72. The third-order valence-electron chi connectivity index (χ3n) is 3.75. The van der Waals surface area contributed by atoms with Crippen molar-refractivity contribution in [2.45, 2.75) is 39.0 Å². The van der Waals surface area contributed by atoms with E-state index in [1.54, 1.807) is 0 Å². The zero-order valence-electron chi connectivity index (χ0n) is 12.3. The van der Waals surface area contributed by atoms with Gasteiger partial charge in [-0.1, -0.05) is 74.9 Å². The van der Waals surface area contributed by atoms with Crippen LogP contribution in [-0.4, -0.2) is 5.78 Å². The maximum Gasteiger partial charge on any atom is 0.170 e. The lowest BCUT2D eigenvalue weighted by atomic mass is 9.91. The standard InChI is InChI=1S/C19H22O/c1-3-4-8-16-11-13-17(14-12-16)15(2)19(20)18-9-6-5-7-10-18/h5-7,9-15H,3-4,8H2,1-2H3. The Kier molecular flexibility index (Phi) is 5.11. The molecule has 0 bridgehead atoms. The lowest BCUT2D eigenvalue weighted by Crippen LogP contribution is -2.09. The highest BCUT2D eigenvalue weighted by atomic mass is 16.1. The molecule has 0 aliphatic rings.